The third kappa shape index (κ3) is 2.63. The van der Waals surface area contributed by atoms with Crippen molar-refractivity contribution in [2.75, 3.05) is 0 Å². The first-order valence-electron chi connectivity index (χ1n) is 8.08. The van der Waals surface area contributed by atoms with Crippen molar-refractivity contribution < 1.29 is 0 Å². The Balaban J connectivity index is 1.98. The van der Waals surface area contributed by atoms with Crippen LogP contribution < -0.4 is 0 Å². The van der Waals surface area contributed by atoms with Gasteiger partial charge in [-0.15, -0.1) is 0 Å². The quantitative estimate of drug-likeness (QED) is 0.515. The van der Waals surface area contributed by atoms with E-state index >= 15 is 0 Å². The van der Waals surface area contributed by atoms with Crippen molar-refractivity contribution in [3.63, 3.8) is 0 Å². The zero-order valence-electron chi connectivity index (χ0n) is 13.5. The molecule has 2 nitrogen and oxygen atoms in total. The van der Waals surface area contributed by atoms with Crippen molar-refractivity contribution in [2.45, 2.75) is 6.92 Å². The van der Waals surface area contributed by atoms with Gasteiger partial charge in [0.05, 0.1) is 0 Å². The largest absolute Gasteiger partial charge is 0.345 e. The molecule has 0 atom stereocenters. The summed E-state index contributed by atoms with van der Waals surface area (Å²) < 4.78 is 0. The van der Waals surface area contributed by atoms with Crippen LogP contribution in [0.2, 0.25) is 0 Å². The molecule has 116 valence electrons. The van der Waals surface area contributed by atoms with Gasteiger partial charge in [-0.25, -0.2) is 4.98 Å². The molecule has 0 aliphatic heterocycles. The van der Waals surface area contributed by atoms with Crippen molar-refractivity contribution in [3.8, 4) is 33.6 Å². The summed E-state index contributed by atoms with van der Waals surface area (Å²) in [7, 11) is 0. The van der Waals surface area contributed by atoms with E-state index in [-0.39, 0.29) is 0 Å². The molecule has 1 N–H and O–H groups in total. The molecule has 0 radical (unpaired) electrons. The SMILES string of the molecule is Cc1cc(-c2ccccc2)c(-c2ccccc2)cc1-c1ncc[nH]1. The van der Waals surface area contributed by atoms with Gasteiger partial charge >= 0.3 is 0 Å². The highest BCUT2D eigenvalue weighted by Crippen LogP contribution is 2.36. The minimum absolute atomic E-state index is 0.907. The smallest absolute Gasteiger partial charge is 0.137 e. The third-order valence-corrected chi connectivity index (χ3v) is 4.29. The molecular weight excluding hydrogens is 292 g/mol. The zero-order chi connectivity index (χ0) is 16.4. The number of aryl methyl sites for hydroxylation is 1. The minimum atomic E-state index is 0.907. The Kier molecular flexibility index (Phi) is 3.72. The second-order valence-corrected chi connectivity index (χ2v) is 5.88. The van der Waals surface area contributed by atoms with Gasteiger partial charge in [0, 0.05) is 18.0 Å². The van der Waals surface area contributed by atoms with E-state index < -0.39 is 0 Å². The summed E-state index contributed by atoms with van der Waals surface area (Å²) in [6, 6.07) is 25.6. The number of benzene rings is 3. The molecule has 0 unspecified atom stereocenters. The van der Waals surface area contributed by atoms with Gasteiger partial charge in [0.15, 0.2) is 0 Å². The van der Waals surface area contributed by atoms with E-state index in [1.807, 2.05) is 12.3 Å². The maximum absolute atomic E-state index is 4.43. The van der Waals surface area contributed by atoms with E-state index in [0.29, 0.717) is 0 Å². The van der Waals surface area contributed by atoms with Crippen molar-refractivity contribution in [1.29, 1.82) is 0 Å². The fraction of sp³-hybridized carbons (Fsp3) is 0.0455. The molecule has 1 heterocycles. The lowest BCUT2D eigenvalue weighted by molar-refractivity contribution is 1.29. The van der Waals surface area contributed by atoms with E-state index in [1.165, 1.54) is 27.8 Å². The lowest BCUT2D eigenvalue weighted by Gasteiger charge is -2.14. The van der Waals surface area contributed by atoms with Crippen LogP contribution in [0.1, 0.15) is 5.56 Å². The van der Waals surface area contributed by atoms with E-state index in [4.69, 9.17) is 0 Å². The number of nitrogens with one attached hydrogen (secondary N) is 1. The van der Waals surface area contributed by atoms with E-state index in [1.54, 1.807) is 6.20 Å². The molecule has 3 aromatic carbocycles. The summed E-state index contributed by atoms with van der Waals surface area (Å²) in [6.07, 6.45) is 3.66. The van der Waals surface area contributed by atoms with Crippen LogP contribution in [0.25, 0.3) is 33.6 Å². The van der Waals surface area contributed by atoms with Crippen molar-refractivity contribution >= 4 is 0 Å². The highest BCUT2D eigenvalue weighted by Gasteiger charge is 2.13. The van der Waals surface area contributed by atoms with Crippen LogP contribution >= 0.6 is 0 Å². The lowest BCUT2D eigenvalue weighted by Crippen LogP contribution is -1.92. The van der Waals surface area contributed by atoms with Crippen LogP contribution in [0.5, 0.6) is 0 Å². The number of rotatable bonds is 3. The number of hydrogen-bond acceptors (Lipinski definition) is 1. The molecule has 0 aliphatic rings. The van der Waals surface area contributed by atoms with Crippen LogP contribution in [-0.2, 0) is 0 Å². The zero-order valence-corrected chi connectivity index (χ0v) is 13.5. The van der Waals surface area contributed by atoms with Gasteiger partial charge in [-0.3, -0.25) is 0 Å². The highest BCUT2D eigenvalue weighted by atomic mass is 14.9. The summed E-state index contributed by atoms with van der Waals surface area (Å²) in [4.78, 5) is 7.65. The number of hydrogen-bond donors (Lipinski definition) is 1. The molecule has 0 saturated heterocycles. The molecule has 0 spiro atoms. The highest BCUT2D eigenvalue weighted by molar-refractivity contribution is 5.87. The van der Waals surface area contributed by atoms with Crippen LogP contribution in [0.15, 0.2) is 85.2 Å². The van der Waals surface area contributed by atoms with Crippen LogP contribution in [-0.4, -0.2) is 9.97 Å². The number of imidazole rings is 1. The lowest BCUT2D eigenvalue weighted by atomic mass is 9.90. The number of nitrogens with zero attached hydrogens (tertiary/aromatic N) is 1. The minimum Gasteiger partial charge on any atom is -0.345 e. The Morgan fingerprint density at radius 3 is 1.83 bits per heavy atom. The topological polar surface area (TPSA) is 28.7 Å². The Hall–Kier alpha value is -3.13. The van der Waals surface area contributed by atoms with Gasteiger partial charge in [0.2, 0.25) is 0 Å². The fourth-order valence-corrected chi connectivity index (χ4v) is 3.09. The molecular formula is C22H18N2. The van der Waals surface area contributed by atoms with Gasteiger partial charge in [-0.1, -0.05) is 66.7 Å². The first kappa shape index (κ1) is 14.5. The van der Waals surface area contributed by atoms with Gasteiger partial charge in [0.1, 0.15) is 5.82 Å². The number of aromatic amines is 1. The summed E-state index contributed by atoms with van der Waals surface area (Å²) in [5.41, 5.74) is 7.25. The Labute approximate surface area is 141 Å². The van der Waals surface area contributed by atoms with Crippen LogP contribution in [0.3, 0.4) is 0 Å². The van der Waals surface area contributed by atoms with Crippen molar-refractivity contribution in [2.24, 2.45) is 0 Å². The summed E-state index contributed by atoms with van der Waals surface area (Å²) in [5, 5.41) is 0. The molecule has 4 rings (SSSR count). The molecule has 0 aliphatic carbocycles. The monoisotopic (exact) mass is 310 g/mol. The molecule has 0 bridgehead atoms. The van der Waals surface area contributed by atoms with Gasteiger partial charge < -0.3 is 4.98 Å². The standard InChI is InChI=1S/C22H18N2/c1-16-14-20(17-8-4-2-5-9-17)21(18-10-6-3-7-11-18)15-19(16)22-23-12-13-24-22/h2-15H,1H3,(H,23,24). The Morgan fingerprint density at radius 1 is 0.708 bits per heavy atom. The predicted octanol–water partition coefficient (Wildman–Crippen LogP) is 5.72. The average molecular weight is 310 g/mol. The van der Waals surface area contributed by atoms with Crippen LogP contribution in [0.4, 0.5) is 0 Å². The fourth-order valence-electron chi connectivity index (χ4n) is 3.09. The van der Waals surface area contributed by atoms with Crippen molar-refractivity contribution in [3.05, 3.63) is 90.8 Å². The maximum atomic E-state index is 4.43. The third-order valence-electron chi connectivity index (χ3n) is 4.29. The molecule has 24 heavy (non-hydrogen) atoms. The van der Waals surface area contributed by atoms with E-state index in [2.05, 4.69) is 83.6 Å². The first-order chi connectivity index (χ1) is 11.8. The van der Waals surface area contributed by atoms with E-state index in [9.17, 15) is 0 Å². The summed E-state index contributed by atoms with van der Waals surface area (Å²) in [5.74, 6) is 0.907. The summed E-state index contributed by atoms with van der Waals surface area (Å²) in [6.45, 7) is 2.14. The number of H-pyrrole nitrogens is 1. The van der Waals surface area contributed by atoms with Gasteiger partial charge in [-0.2, -0.15) is 0 Å². The van der Waals surface area contributed by atoms with Gasteiger partial charge in [0.25, 0.3) is 0 Å². The molecule has 2 heteroatoms. The normalized spacial score (nSPS) is 10.7. The second kappa shape index (κ2) is 6.17. The Morgan fingerprint density at radius 2 is 1.29 bits per heavy atom. The molecule has 0 fully saturated rings. The van der Waals surface area contributed by atoms with Crippen molar-refractivity contribution in [1.82, 2.24) is 9.97 Å². The summed E-state index contributed by atoms with van der Waals surface area (Å²) >= 11 is 0. The molecule has 0 saturated carbocycles. The predicted molar refractivity (Wildman–Crippen MR) is 99.6 cm³/mol. The second-order valence-electron chi connectivity index (χ2n) is 5.88. The van der Waals surface area contributed by atoms with E-state index in [0.717, 1.165) is 11.4 Å². The van der Waals surface area contributed by atoms with Crippen LogP contribution in [0, 0.1) is 6.92 Å². The molecule has 1 aromatic heterocycles. The average Bonchev–Trinajstić information content (AvgIpc) is 3.17. The molecule has 4 aromatic rings. The van der Waals surface area contributed by atoms with Gasteiger partial charge in [-0.05, 0) is 40.8 Å². The Bertz CT molecular complexity index is 940. The first-order valence-corrected chi connectivity index (χ1v) is 8.08. The maximum Gasteiger partial charge on any atom is 0.137 e. The number of aromatic nitrogens is 2. The molecule has 0 amide bonds.